The highest BCUT2D eigenvalue weighted by atomic mass is 35.5. The number of allylic oxidation sites excluding steroid dienone is 5. The van der Waals surface area contributed by atoms with Gasteiger partial charge in [-0.2, -0.15) is 0 Å². The minimum Gasteiger partial charge on any atom is -0.393 e. The lowest BCUT2D eigenvalue weighted by Gasteiger charge is -2.53. The van der Waals surface area contributed by atoms with Crippen molar-refractivity contribution in [3.05, 3.63) is 34.9 Å². The minimum absolute atomic E-state index is 0.148. The van der Waals surface area contributed by atoms with E-state index >= 15 is 0 Å². The fourth-order valence-electron chi connectivity index (χ4n) is 7.40. The molecule has 4 aliphatic rings. The van der Waals surface area contributed by atoms with Crippen LogP contribution in [0, 0.1) is 23.2 Å². The number of aliphatic hydroxyl groups is 2. The van der Waals surface area contributed by atoms with Crippen LogP contribution >= 0.6 is 11.6 Å². The molecule has 2 saturated carbocycles. The molecule has 0 aromatic carbocycles. The van der Waals surface area contributed by atoms with Gasteiger partial charge in [0.2, 0.25) is 0 Å². The van der Waals surface area contributed by atoms with Gasteiger partial charge in [-0.3, -0.25) is 0 Å². The summed E-state index contributed by atoms with van der Waals surface area (Å²) in [7, 11) is 0. The van der Waals surface area contributed by atoms with Gasteiger partial charge in [0.05, 0.1) is 16.6 Å². The number of alkyl halides is 1. The highest BCUT2D eigenvalue weighted by Crippen LogP contribution is 2.65. The number of hydrogen-bond acceptors (Lipinski definition) is 2. The predicted octanol–water partition coefficient (Wildman–Crippen LogP) is 6.32. The fourth-order valence-corrected chi connectivity index (χ4v) is 7.88. The highest BCUT2D eigenvalue weighted by molar-refractivity contribution is 6.28. The molecule has 162 valence electrons. The van der Waals surface area contributed by atoms with Crippen LogP contribution in [0.1, 0.15) is 85.5 Å². The maximum atomic E-state index is 11.5. The van der Waals surface area contributed by atoms with Gasteiger partial charge >= 0.3 is 0 Å². The van der Waals surface area contributed by atoms with E-state index in [1.807, 2.05) is 0 Å². The summed E-state index contributed by atoms with van der Waals surface area (Å²) in [6.45, 7) is 8.77. The zero-order valence-corrected chi connectivity index (χ0v) is 19.4. The Morgan fingerprint density at radius 2 is 2.03 bits per heavy atom. The van der Waals surface area contributed by atoms with Crippen molar-refractivity contribution in [3.63, 3.8) is 0 Å². The summed E-state index contributed by atoms with van der Waals surface area (Å²) >= 11 is 7.27. The van der Waals surface area contributed by atoms with Crippen molar-refractivity contribution < 1.29 is 10.2 Å². The largest absolute Gasteiger partial charge is 0.393 e. The molecule has 2 fully saturated rings. The Bertz CT molecular complexity index is 744. The van der Waals surface area contributed by atoms with Gasteiger partial charge in [0, 0.05) is 0 Å². The van der Waals surface area contributed by atoms with E-state index < -0.39 is 5.60 Å². The van der Waals surface area contributed by atoms with Crippen LogP contribution in [0.15, 0.2) is 34.9 Å². The Labute approximate surface area is 182 Å². The number of hydrogen-bond donors (Lipinski definition) is 2. The summed E-state index contributed by atoms with van der Waals surface area (Å²) in [5.41, 5.74) is 3.55. The van der Waals surface area contributed by atoms with Crippen molar-refractivity contribution >= 4 is 11.6 Å². The quantitative estimate of drug-likeness (QED) is 0.414. The van der Waals surface area contributed by atoms with Gasteiger partial charge < -0.3 is 10.2 Å². The standard InChI is InChI=1S/C26H39ClO2/c1-17(2)6-5-13-25(4,29)23-10-9-21-20-8-7-18-16-19(28)11-15-26(18,27)22(20)12-14-24(21,23)3/h6-7,12,19-21,23,28-29H,5,8-11,13-16H2,1-4H3/t19?,20?,21?,23?,24?,25-,26?/m0/s1. The molecule has 4 aliphatic carbocycles. The summed E-state index contributed by atoms with van der Waals surface area (Å²) in [5.74, 6) is 1.44. The number of aliphatic hydroxyl groups excluding tert-OH is 1. The molecule has 0 bridgehead atoms. The Hall–Kier alpha value is -0.570. The third kappa shape index (κ3) is 3.58. The van der Waals surface area contributed by atoms with Gasteiger partial charge in [-0.15, -0.1) is 11.6 Å². The molecule has 0 aromatic heterocycles. The smallest absolute Gasteiger partial charge is 0.0869 e. The molecule has 2 N–H and O–H groups in total. The average Bonchev–Trinajstić information content (AvgIpc) is 3.00. The second-order valence-corrected chi connectivity index (χ2v) is 11.7. The third-order valence-corrected chi connectivity index (χ3v) is 9.52. The molecule has 6 unspecified atom stereocenters. The van der Waals surface area contributed by atoms with Gasteiger partial charge in [0.15, 0.2) is 0 Å². The van der Waals surface area contributed by atoms with E-state index in [4.69, 9.17) is 11.6 Å². The van der Waals surface area contributed by atoms with Crippen LogP contribution < -0.4 is 0 Å². The molecule has 2 nitrogen and oxygen atoms in total. The molecule has 29 heavy (non-hydrogen) atoms. The van der Waals surface area contributed by atoms with E-state index in [0.717, 1.165) is 51.4 Å². The van der Waals surface area contributed by atoms with Crippen LogP contribution in [0.3, 0.4) is 0 Å². The Morgan fingerprint density at radius 1 is 1.28 bits per heavy atom. The van der Waals surface area contributed by atoms with Crippen molar-refractivity contribution in [3.8, 4) is 0 Å². The number of fused-ring (bicyclic) bond motifs is 5. The van der Waals surface area contributed by atoms with E-state index in [1.165, 1.54) is 23.1 Å². The normalized spacial score (nSPS) is 43.3. The Balaban J connectivity index is 1.59. The highest BCUT2D eigenvalue weighted by Gasteiger charge is 2.59. The average molecular weight is 419 g/mol. The van der Waals surface area contributed by atoms with Crippen LogP contribution in [0.2, 0.25) is 0 Å². The van der Waals surface area contributed by atoms with Crippen LogP contribution in [0.4, 0.5) is 0 Å². The molecule has 0 aromatic rings. The molecule has 7 atom stereocenters. The van der Waals surface area contributed by atoms with Crippen molar-refractivity contribution in [2.24, 2.45) is 23.2 Å². The molecule has 0 saturated heterocycles. The summed E-state index contributed by atoms with van der Waals surface area (Å²) in [6, 6.07) is 0. The first-order valence-corrected chi connectivity index (χ1v) is 12.1. The maximum Gasteiger partial charge on any atom is 0.0869 e. The Morgan fingerprint density at radius 3 is 2.76 bits per heavy atom. The van der Waals surface area contributed by atoms with Crippen molar-refractivity contribution in [1.82, 2.24) is 0 Å². The van der Waals surface area contributed by atoms with E-state index in [0.29, 0.717) is 17.8 Å². The molecular weight excluding hydrogens is 380 g/mol. The first-order valence-electron chi connectivity index (χ1n) is 11.7. The van der Waals surface area contributed by atoms with Crippen LogP contribution in [-0.2, 0) is 0 Å². The summed E-state index contributed by atoms with van der Waals surface area (Å²) < 4.78 is 0. The van der Waals surface area contributed by atoms with Gasteiger partial charge in [-0.25, -0.2) is 0 Å². The lowest BCUT2D eigenvalue weighted by atomic mass is 9.54. The van der Waals surface area contributed by atoms with Crippen LogP contribution in [-0.4, -0.2) is 26.8 Å². The first kappa shape index (κ1) is 21.7. The van der Waals surface area contributed by atoms with E-state index in [9.17, 15) is 10.2 Å². The summed E-state index contributed by atoms with van der Waals surface area (Å²) in [4.78, 5) is -0.354. The lowest BCUT2D eigenvalue weighted by molar-refractivity contribution is -0.0661. The number of rotatable bonds is 4. The molecule has 0 aliphatic heterocycles. The topological polar surface area (TPSA) is 40.5 Å². The molecular formula is C26H39ClO2. The predicted molar refractivity (Wildman–Crippen MR) is 121 cm³/mol. The number of halogens is 1. The lowest BCUT2D eigenvalue weighted by Crippen LogP contribution is -2.50. The van der Waals surface area contributed by atoms with Crippen molar-refractivity contribution in [2.75, 3.05) is 0 Å². The molecule has 0 spiro atoms. The summed E-state index contributed by atoms with van der Waals surface area (Å²) in [5, 5.41) is 21.6. The van der Waals surface area contributed by atoms with Gasteiger partial charge in [0.1, 0.15) is 0 Å². The summed E-state index contributed by atoms with van der Waals surface area (Å²) in [6.07, 6.45) is 15.4. The molecule has 0 heterocycles. The first-order chi connectivity index (χ1) is 13.6. The SMILES string of the molecule is CC(C)=CCC[C@](C)(O)C1CCC2C3CC=C4CC(O)CCC4(Cl)C3=CCC21C. The van der Waals surface area contributed by atoms with Crippen LogP contribution in [0.25, 0.3) is 0 Å². The zero-order valence-electron chi connectivity index (χ0n) is 18.7. The second kappa shape index (κ2) is 7.53. The molecule has 0 amide bonds. The second-order valence-electron chi connectivity index (χ2n) is 11.1. The third-order valence-electron chi connectivity index (χ3n) is 8.87. The molecule has 4 rings (SSSR count). The van der Waals surface area contributed by atoms with E-state index in [2.05, 4.69) is 45.9 Å². The fraction of sp³-hybridized carbons (Fsp3) is 0.769. The Kier molecular flexibility index (Phi) is 5.63. The van der Waals surface area contributed by atoms with Gasteiger partial charge in [-0.05, 0) is 113 Å². The van der Waals surface area contributed by atoms with Crippen LogP contribution in [0.5, 0.6) is 0 Å². The molecule has 0 radical (unpaired) electrons. The monoisotopic (exact) mass is 418 g/mol. The van der Waals surface area contributed by atoms with E-state index in [-0.39, 0.29) is 16.4 Å². The van der Waals surface area contributed by atoms with Crippen molar-refractivity contribution in [1.29, 1.82) is 0 Å². The van der Waals surface area contributed by atoms with Gasteiger partial charge in [-0.1, -0.05) is 30.7 Å². The van der Waals surface area contributed by atoms with Crippen molar-refractivity contribution in [2.45, 2.75) is 102 Å². The molecule has 3 heteroatoms. The minimum atomic E-state index is -0.621. The maximum absolute atomic E-state index is 11.5. The van der Waals surface area contributed by atoms with E-state index in [1.54, 1.807) is 0 Å². The zero-order chi connectivity index (χ0) is 21.0. The van der Waals surface area contributed by atoms with Gasteiger partial charge in [0.25, 0.3) is 0 Å².